The van der Waals surface area contributed by atoms with Gasteiger partial charge in [0.15, 0.2) is 0 Å². The molecule has 3 atom stereocenters. The second kappa shape index (κ2) is 7.06. The molecule has 3 unspecified atom stereocenters. The summed E-state index contributed by atoms with van der Waals surface area (Å²) in [6.07, 6.45) is 0. The van der Waals surface area contributed by atoms with Crippen molar-refractivity contribution >= 4 is 29.1 Å². The summed E-state index contributed by atoms with van der Waals surface area (Å²) in [5, 5.41) is 4.95. The van der Waals surface area contributed by atoms with Crippen LogP contribution in [-0.2, 0) is 0 Å². The molecule has 1 saturated heterocycles. The summed E-state index contributed by atoms with van der Waals surface area (Å²) in [4.78, 5) is 2.45. The van der Waals surface area contributed by atoms with Gasteiger partial charge in [0.1, 0.15) is 0 Å². The van der Waals surface area contributed by atoms with Crippen LogP contribution in [0.5, 0.6) is 0 Å². The average molecular weight is 313 g/mol. The van der Waals surface area contributed by atoms with Crippen LogP contribution in [0.15, 0.2) is 18.2 Å². The van der Waals surface area contributed by atoms with Gasteiger partial charge in [-0.2, -0.15) is 11.8 Å². The summed E-state index contributed by atoms with van der Waals surface area (Å²) in [6, 6.07) is 7.38. The molecule has 2 rings (SSSR count). The van der Waals surface area contributed by atoms with Crippen molar-refractivity contribution in [2.45, 2.75) is 45.0 Å². The fourth-order valence-corrected chi connectivity index (χ4v) is 4.12. The Morgan fingerprint density at radius 1 is 1.45 bits per heavy atom. The highest BCUT2D eigenvalue weighted by Gasteiger charge is 2.26. The van der Waals surface area contributed by atoms with Crippen LogP contribution in [0.1, 0.15) is 39.3 Å². The highest BCUT2D eigenvalue weighted by molar-refractivity contribution is 8.00. The van der Waals surface area contributed by atoms with Crippen LogP contribution < -0.4 is 10.2 Å². The number of anilines is 1. The second-order valence-corrected chi connectivity index (χ2v) is 7.39. The largest absolute Gasteiger partial charge is 0.366 e. The molecule has 1 N–H and O–H groups in total. The van der Waals surface area contributed by atoms with Gasteiger partial charge in [0, 0.05) is 29.6 Å². The Balaban J connectivity index is 2.21. The molecule has 1 aromatic carbocycles. The number of benzene rings is 1. The lowest BCUT2D eigenvalue weighted by molar-refractivity contribution is 0.597. The maximum atomic E-state index is 6.54. The van der Waals surface area contributed by atoms with E-state index < -0.39 is 0 Å². The van der Waals surface area contributed by atoms with E-state index in [1.807, 2.05) is 0 Å². The third-order valence-corrected chi connectivity index (χ3v) is 5.82. The normalized spacial score (nSPS) is 24.8. The summed E-state index contributed by atoms with van der Waals surface area (Å²) in [6.45, 7) is 11.0. The first-order valence-electron chi connectivity index (χ1n) is 7.45. The predicted octanol–water partition coefficient (Wildman–Crippen LogP) is 4.34. The molecule has 112 valence electrons. The van der Waals surface area contributed by atoms with Gasteiger partial charge in [0.25, 0.3) is 0 Å². The van der Waals surface area contributed by atoms with Gasteiger partial charge in [0.05, 0.1) is 10.7 Å². The zero-order valence-electron chi connectivity index (χ0n) is 12.8. The van der Waals surface area contributed by atoms with E-state index in [2.05, 4.69) is 67.9 Å². The van der Waals surface area contributed by atoms with Crippen molar-refractivity contribution in [3.8, 4) is 0 Å². The van der Waals surface area contributed by atoms with Gasteiger partial charge < -0.3 is 10.2 Å². The molecule has 0 radical (unpaired) electrons. The van der Waals surface area contributed by atoms with Crippen molar-refractivity contribution in [2.24, 2.45) is 0 Å². The summed E-state index contributed by atoms with van der Waals surface area (Å²) >= 11 is 8.59. The highest BCUT2D eigenvalue weighted by Crippen LogP contribution is 2.34. The molecule has 1 aromatic rings. The van der Waals surface area contributed by atoms with Crippen LogP contribution in [0, 0.1) is 0 Å². The molecule has 0 aromatic heterocycles. The Labute approximate surface area is 132 Å². The van der Waals surface area contributed by atoms with E-state index in [-0.39, 0.29) is 0 Å². The number of thioether (sulfide) groups is 1. The maximum Gasteiger partial charge on any atom is 0.0643 e. The van der Waals surface area contributed by atoms with Crippen molar-refractivity contribution < 1.29 is 0 Å². The molecule has 0 spiro atoms. The van der Waals surface area contributed by atoms with E-state index >= 15 is 0 Å². The van der Waals surface area contributed by atoms with Crippen LogP contribution in [-0.4, -0.2) is 30.1 Å². The molecule has 0 amide bonds. The Morgan fingerprint density at radius 3 is 2.85 bits per heavy atom. The molecule has 2 nitrogen and oxygen atoms in total. The lowest BCUT2D eigenvalue weighted by Gasteiger charge is -2.39. The number of nitrogens with one attached hydrogen (secondary N) is 1. The first-order chi connectivity index (χ1) is 9.54. The van der Waals surface area contributed by atoms with Gasteiger partial charge in [-0.05, 0) is 38.1 Å². The van der Waals surface area contributed by atoms with Crippen molar-refractivity contribution in [2.75, 3.05) is 23.7 Å². The summed E-state index contributed by atoms with van der Waals surface area (Å²) in [5.74, 6) is 1.18. The first-order valence-corrected chi connectivity index (χ1v) is 8.88. The number of hydrogen-bond acceptors (Lipinski definition) is 3. The van der Waals surface area contributed by atoms with E-state index in [0.717, 1.165) is 18.1 Å². The fourth-order valence-electron chi connectivity index (χ4n) is 2.72. The number of halogens is 1. The van der Waals surface area contributed by atoms with Crippen molar-refractivity contribution in [1.29, 1.82) is 0 Å². The summed E-state index contributed by atoms with van der Waals surface area (Å²) in [7, 11) is 0. The first kappa shape index (κ1) is 16.0. The Kier molecular flexibility index (Phi) is 5.65. The molecule has 4 heteroatoms. The average Bonchev–Trinajstić information content (AvgIpc) is 2.42. The lowest BCUT2D eigenvalue weighted by Crippen LogP contribution is -2.44. The van der Waals surface area contributed by atoms with Crippen molar-refractivity contribution in [3.05, 3.63) is 28.8 Å². The van der Waals surface area contributed by atoms with Crippen LogP contribution in [0.2, 0.25) is 5.02 Å². The summed E-state index contributed by atoms with van der Waals surface area (Å²) in [5.41, 5.74) is 2.44. The molecule has 1 heterocycles. The van der Waals surface area contributed by atoms with E-state index in [1.54, 1.807) is 0 Å². The van der Waals surface area contributed by atoms with Crippen molar-refractivity contribution in [3.63, 3.8) is 0 Å². The smallest absolute Gasteiger partial charge is 0.0643 e. The van der Waals surface area contributed by atoms with Gasteiger partial charge in [-0.25, -0.2) is 0 Å². The Hall–Kier alpha value is -0.380. The highest BCUT2D eigenvalue weighted by atomic mass is 35.5. The molecular formula is C16H25ClN2S. The van der Waals surface area contributed by atoms with E-state index in [0.29, 0.717) is 17.3 Å². The van der Waals surface area contributed by atoms with E-state index in [9.17, 15) is 0 Å². The molecule has 1 aliphatic heterocycles. The zero-order chi connectivity index (χ0) is 14.7. The quantitative estimate of drug-likeness (QED) is 0.890. The minimum atomic E-state index is 0.347. The summed E-state index contributed by atoms with van der Waals surface area (Å²) < 4.78 is 0. The fraction of sp³-hybridized carbons (Fsp3) is 0.625. The predicted molar refractivity (Wildman–Crippen MR) is 92.3 cm³/mol. The van der Waals surface area contributed by atoms with Gasteiger partial charge in [-0.1, -0.05) is 31.5 Å². The molecule has 0 bridgehead atoms. The van der Waals surface area contributed by atoms with Crippen molar-refractivity contribution in [1.82, 2.24) is 5.32 Å². The standard InChI is InChI=1S/C16H25ClN2S/c1-5-18-11(2)14-6-7-16(15(17)10-14)19-8-9-20-13(4)12(19)3/h6-7,10-13,18H,5,8-9H2,1-4H3. The third-order valence-electron chi connectivity index (χ3n) is 4.18. The monoisotopic (exact) mass is 312 g/mol. The van der Waals surface area contributed by atoms with E-state index in [4.69, 9.17) is 11.6 Å². The Bertz CT molecular complexity index is 452. The minimum absolute atomic E-state index is 0.347. The Morgan fingerprint density at radius 2 is 2.20 bits per heavy atom. The van der Waals surface area contributed by atoms with Crippen LogP contribution in [0.3, 0.4) is 0 Å². The van der Waals surface area contributed by atoms with Crippen LogP contribution >= 0.6 is 23.4 Å². The van der Waals surface area contributed by atoms with Gasteiger partial charge in [-0.3, -0.25) is 0 Å². The molecule has 0 saturated carbocycles. The SMILES string of the molecule is CCNC(C)c1ccc(N2CCSC(C)C2C)c(Cl)c1. The molecule has 1 aliphatic rings. The van der Waals surface area contributed by atoms with Crippen LogP contribution in [0.25, 0.3) is 0 Å². The molecular weight excluding hydrogens is 288 g/mol. The number of hydrogen-bond donors (Lipinski definition) is 1. The van der Waals surface area contributed by atoms with Gasteiger partial charge in [-0.15, -0.1) is 0 Å². The van der Waals surface area contributed by atoms with Gasteiger partial charge >= 0.3 is 0 Å². The molecule has 0 aliphatic carbocycles. The van der Waals surface area contributed by atoms with E-state index in [1.165, 1.54) is 17.0 Å². The zero-order valence-corrected chi connectivity index (χ0v) is 14.4. The van der Waals surface area contributed by atoms with Crippen LogP contribution in [0.4, 0.5) is 5.69 Å². The molecule has 20 heavy (non-hydrogen) atoms. The second-order valence-electron chi connectivity index (χ2n) is 5.50. The number of rotatable bonds is 4. The third kappa shape index (κ3) is 3.44. The van der Waals surface area contributed by atoms with Gasteiger partial charge in [0.2, 0.25) is 0 Å². The minimum Gasteiger partial charge on any atom is -0.366 e. The molecule has 1 fully saturated rings. The number of nitrogens with zero attached hydrogens (tertiary/aromatic N) is 1. The maximum absolute atomic E-state index is 6.54. The lowest BCUT2D eigenvalue weighted by atomic mass is 10.1. The topological polar surface area (TPSA) is 15.3 Å².